The minimum absolute atomic E-state index is 0.0901. The number of carbonyl (C=O) groups is 1. The summed E-state index contributed by atoms with van der Waals surface area (Å²) < 4.78 is 0. The molecule has 0 bridgehead atoms. The minimum Gasteiger partial charge on any atom is -0.506 e. The van der Waals surface area contributed by atoms with Crippen molar-refractivity contribution in [2.75, 3.05) is 12.8 Å². The van der Waals surface area contributed by atoms with Crippen molar-refractivity contribution in [1.82, 2.24) is 9.88 Å². The first-order valence-electron chi connectivity index (χ1n) is 8.79. The fourth-order valence-electron chi connectivity index (χ4n) is 3.35. The Kier molecular flexibility index (Phi) is 5.84. The van der Waals surface area contributed by atoms with Crippen molar-refractivity contribution >= 4 is 17.7 Å². The van der Waals surface area contributed by atoms with Gasteiger partial charge in [0.2, 0.25) is 5.91 Å². The summed E-state index contributed by atoms with van der Waals surface area (Å²) in [6.45, 7) is 0. The van der Waals surface area contributed by atoms with Crippen LogP contribution in [0.4, 0.5) is 0 Å². The van der Waals surface area contributed by atoms with Crippen molar-refractivity contribution in [3.05, 3.63) is 54.4 Å². The summed E-state index contributed by atoms with van der Waals surface area (Å²) in [5.74, 6) is 0.616. The Balaban J connectivity index is 1.53. The first-order chi connectivity index (χ1) is 12.5. The third-order valence-electron chi connectivity index (χ3n) is 5.05. The Labute approximate surface area is 158 Å². The van der Waals surface area contributed by atoms with E-state index >= 15 is 0 Å². The molecule has 1 aromatic carbocycles. The van der Waals surface area contributed by atoms with E-state index in [-0.39, 0.29) is 17.7 Å². The Morgan fingerprint density at radius 3 is 2.54 bits per heavy atom. The summed E-state index contributed by atoms with van der Waals surface area (Å²) in [5, 5.41) is 20.2. The molecule has 1 saturated carbocycles. The zero-order valence-corrected chi connectivity index (χ0v) is 15.7. The van der Waals surface area contributed by atoms with Gasteiger partial charge in [-0.05, 0) is 49.9 Å². The molecule has 0 radical (unpaired) electrons. The molecular weight excluding hydrogens is 348 g/mol. The van der Waals surface area contributed by atoms with Gasteiger partial charge < -0.3 is 15.1 Å². The van der Waals surface area contributed by atoms with Crippen molar-refractivity contribution < 1.29 is 15.0 Å². The zero-order valence-electron chi connectivity index (χ0n) is 14.8. The summed E-state index contributed by atoms with van der Waals surface area (Å²) in [4.78, 5) is 19.6. The van der Waals surface area contributed by atoms with E-state index in [1.807, 2.05) is 42.3 Å². The quantitative estimate of drug-likeness (QED) is 0.789. The molecule has 2 aromatic rings. The Morgan fingerprint density at radius 1 is 1.23 bits per heavy atom. The van der Waals surface area contributed by atoms with E-state index in [0.717, 1.165) is 17.7 Å². The largest absolute Gasteiger partial charge is 0.506 e. The molecule has 2 N–H and O–H groups in total. The summed E-state index contributed by atoms with van der Waals surface area (Å²) >= 11 is 1.54. The number of thioether (sulfide) groups is 1. The number of aromatic hydroxyl groups is 1. The molecule has 138 valence electrons. The van der Waals surface area contributed by atoms with Crippen LogP contribution in [0.25, 0.3) is 0 Å². The SMILES string of the molecule is CN(C(=O)CSc1ccccc1)[C@H]1CC[C@@](O)(c2ccc(O)cn2)CC1. The highest BCUT2D eigenvalue weighted by atomic mass is 32.2. The van der Waals surface area contributed by atoms with E-state index in [0.29, 0.717) is 24.3 Å². The van der Waals surface area contributed by atoms with Crippen LogP contribution in [-0.4, -0.2) is 44.8 Å². The lowest BCUT2D eigenvalue weighted by Crippen LogP contribution is -2.44. The fourth-order valence-corrected chi connectivity index (χ4v) is 4.20. The van der Waals surface area contributed by atoms with Gasteiger partial charge in [-0.1, -0.05) is 18.2 Å². The smallest absolute Gasteiger partial charge is 0.232 e. The third-order valence-corrected chi connectivity index (χ3v) is 6.05. The number of hydrogen-bond acceptors (Lipinski definition) is 5. The molecule has 1 heterocycles. The van der Waals surface area contributed by atoms with Gasteiger partial charge in [-0.25, -0.2) is 0 Å². The van der Waals surface area contributed by atoms with Gasteiger partial charge in [-0.15, -0.1) is 11.8 Å². The number of hydrogen-bond donors (Lipinski definition) is 2. The van der Waals surface area contributed by atoms with Crippen LogP contribution < -0.4 is 0 Å². The summed E-state index contributed by atoms with van der Waals surface area (Å²) in [6.07, 6.45) is 3.93. The van der Waals surface area contributed by atoms with Crippen LogP contribution in [-0.2, 0) is 10.4 Å². The van der Waals surface area contributed by atoms with Crippen molar-refractivity contribution in [1.29, 1.82) is 0 Å². The molecular formula is C20H24N2O3S. The summed E-state index contributed by atoms with van der Waals surface area (Å²) in [7, 11) is 1.85. The van der Waals surface area contributed by atoms with Gasteiger partial charge in [0.25, 0.3) is 0 Å². The Hall–Kier alpha value is -2.05. The van der Waals surface area contributed by atoms with E-state index in [1.165, 1.54) is 6.20 Å². The molecule has 1 aliphatic rings. The first-order valence-corrected chi connectivity index (χ1v) is 9.78. The number of rotatable bonds is 5. The zero-order chi connectivity index (χ0) is 18.6. The van der Waals surface area contributed by atoms with E-state index in [9.17, 15) is 15.0 Å². The maximum atomic E-state index is 12.5. The maximum Gasteiger partial charge on any atom is 0.232 e. The van der Waals surface area contributed by atoms with Crippen LogP contribution in [0.3, 0.4) is 0 Å². The normalized spacial score (nSPS) is 22.8. The Bertz CT molecular complexity index is 728. The highest BCUT2D eigenvalue weighted by Crippen LogP contribution is 2.38. The average molecular weight is 372 g/mol. The molecule has 0 spiro atoms. The molecule has 0 unspecified atom stereocenters. The number of aliphatic hydroxyl groups is 1. The van der Waals surface area contributed by atoms with E-state index < -0.39 is 5.60 Å². The number of amides is 1. The second-order valence-corrected chi connectivity index (χ2v) is 7.82. The number of pyridine rings is 1. The van der Waals surface area contributed by atoms with Crippen molar-refractivity contribution in [3.8, 4) is 5.75 Å². The lowest BCUT2D eigenvalue weighted by Gasteiger charge is -2.39. The summed E-state index contributed by atoms with van der Waals surface area (Å²) in [5.41, 5.74) is -0.394. The molecule has 0 saturated heterocycles. The predicted molar refractivity (Wildman–Crippen MR) is 102 cm³/mol. The third kappa shape index (κ3) is 4.37. The molecule has 6 heteroatoms. The van der Waals surface area contributed by atoms with Crippen LogP contribution in [0.5, 0.6) is 5.75 Å². The van der Waals surface area contributed by atoms with Crippen molar-refractivity contribution in [2.24, 2.45) is 0 Å². The van der Waals surface area contributed by atoms with E-state index in [1.54, 1.807) is 23.9 Å². The van der Waals surface area contributed by atoms with Gasteiger partial charge in [0.1, 0.15) is 11.4 Å². The van der Waals surface area contributed by atoms with E-state index in [2.05, 4.69) is 4.98 Å². The summed E-state index contributed by atoms with van der Waals surface area (Å²) in [6, 6.07) is 13.3. The second-order valence-electron chi connectivity index (χ2n) is 6.77. The van der Waals surface area contributed by atoms with Gasteiger partial charge in [0.05, 0.1) is 17.6 Å². The monoisotopic (exact) mass is 372 g/mol. The van der Waals surface area contributed by atoms with Crippen LogP contribution >= 0.6 is 11.8 Å². The highest BCUT2D eigenvalue weighted by Gasteiger charge is 2.37. The fraction of sp³-hybridized carbons (Fsp3) is 0.400. The maximum absolute atomic E-state index is 12.5. The first kappa shape index (κ1) is 18.7. The Morgan fingerprint density at radius 2 is 1.92 bits per heavy atom. The van der Waals surface area contributed by atoms with Gasteiger partial charge >= 0.3 is 0 Å². The van der Waals surface area contributed by atoms with Crippen molar-refractivity contribution in [2.45, 2.75) is 42.2 Å². The highest BCUT2D eigenvalue weighted by molar-refractivity contribution is 8.00. The standard InChI is InChI=1S/C20H24N2O3S/c1-22(19(24)14-26-17-5-3-2-4-6-17)15-9-11-20(25,12-10-15)18-8-7-16(23)13-21-18/h2-8,13,15,23,25H,9-12,14H2,1H3/t15-,20-. The van der Waals surface area contributed by atoms with Gasteiger partial charge in [0, 0.05) is 18.0 Å². The minimum atomic E-state index is -0.979. The molecule has 1 amide bonds. The molecule has 1 fully saturated rings. The molecule has 3 rings (SSSR count). The van der Waals surface area contributed by atoms with Crippen molar-refractivity contribution in [3.63, 3.8) is 0 Å². The van der Waals surface area contributed by atoms with Crippen LogP contribution in [0.15, 0.2) is 53.6 Å². The molecule has 5 nitrogen and oxygen atoms in total. The topological polar surface area (TPSA) is 73.7 Å². The number of aromatic nitrogens is 1. The average Bonchev–Trinajstić information content (AvgIpc) is 2.67. The molecule has 1 aliphatic carbocycles. The van der Waals surface area contributed by atoms with Gasteiger partial charge in [0.15, 0.2) is 0 Å². The lowest BCUT2D eigenvalue weighted by molar-refractivity contribution is -0.131. The van der Waals surface area contributed by atoms with Gasteiger partial charge in [-0.3, -0.25) is 9.78 Å². The second kappa shape index (κ2) is 8.10. The molecule has 1 aromatic heterocycles. The lowest BCUT2D eigenvalue weighted by atomic mass is 9.79. The van der Waals surface area contributed by atoms with Crippen LogP contribution in [0.1, 0.15) is 31.4 Å². The number of carbonyl (C=O) groups excluding carboxylic acids is 1. The van der Waals surface area contributed by atoms with Crippen LogP contribution in [0.2, 0.25) is 0 Å². The molecule has 0 atom stereocenters. The number of nitrogens with zero attached hydrogens (tertiary/aromatic N) is 2. The molecule has 26 heavy (non-hydrogen) atoms. The van der Waals surface area contributed by atoms with Crippen LogP contribution in [0, 0.1) is 0 Å². The molecule has 0 aliphatic heterocycles. The van der Waals surface area contributed by atoms with Gasteiger partial charge in [-0.2, -0.15) is 0 Å². The predicted octanol–water partition coefficient (Wildman–Crippen LogP) is 3.17. The number of benzene rings is 1. The van der Waals surface area contributed by atoms with E-state index in [4.69, 9.17) is 0 Å².